The first kappa shape index (κ1) is 21.8. The monoisotopic (exact) mass is 496 g/mol. The van der Waals surface area contributed by atoms with Crippen LogP contribution >= 0.6 is 35.6 Å². The van der Waals surface area contributed by atoms with Crippen molar-refractivity contribution in [2.45, 2.75) is 6.54 Å². The highest BCUT2D eigenvalue weighted by Crippen LogP contribution is 2.38. The highest BCUT2D eigenvalue weighted by atomic mass is 35.5. The molecule has 3 nitrogen and oxygen atoms in total. The molecule has 33 heavy (non-hydrogen) atoms. The molecule has 0 aliphatic carbocycles. The van der Waals surface area contributed by atoms with E-state index in [9.17, 15) is 13.6 Å². The van der Waals surface area contributed by atoms with E-state index in [1.54, 1.807) is 12.1 Å². The third-order valence-corrected chi connectivity index (χ3v) is 6.92. The van der Waals surface area contributed by atoms with Crippen molar-refractivity contribution in [1.29, 1.82) is 0 Å². The van der Waals surface area contributed by atoms with Crippen LogP contribution in [-0.2, 0) is 11.3 Å². The number of rotatable bonds is 4. The average Bonchev–Trinajstić information content (AvgIpc) is 3.28. The molecule has 8 heteroatoms. The van der Waals surface area contributed by atoms with Crippen LogP contribution in [0, 0.1) is 11.6 Å². The van der Waals surface area contributed by atoms with Crippen molar-refractivity contribution in [2.24, 2.45) is 0 Å². The lowest BCUT2D eigenvalue weighted by atomic mass is 10.1. The highest BCUT2D eigenvalue weighted by Gasteiger charge is 2.33. The molecule has 0 saturated carbocycles. The fourth-order valence-electron chi connectivity index (χ4n) is 3.76. The summed E-state index contributed by atoms with van der Waals surface area (Å²) in [5, 5.41) is 0.907. The molecular weight excluding hydrogens is 482 g/mol. The number of carbonyl (C=O) groups excluding carboxylic acids is 1. The summed E-state index contributed by atoms with van der Waals surface area (Å²) >= 11 is 12.5. The summed E-state index contributed by atoms with van der Waals surface area (Å²) in [6.07, 6.45) is 3.78. The van der Waals surface area contributed by atoms with Gasteiger partial charge in [0.1, 0.15) is 11.6 Å². The van der Waals surface area contributed by atoms with E-state index in [0.717, 1.165) is 22.0 Å². The van der Waals surface area contributed by atoms with E-state index in [4.69, 9.17) is 23.8 Å². The molecule has 1 amide bonds. The minimum atomic E-state index is -0.560. The number of thiocarbonyl (C=S) groups is 1. The first-order valence-corrected chi connectivity index (χ1v) is 11.6. The number of halogens is 3. The number of para-hydroxylation sites is 1. The van der Waals surface area contributed by atoms with Crippen LogP contribution in [0.25, 0.3) is 17.0 Å². The second kappa shape index (κ2) is 8.74. The number of carbonyl (C=O) groups is 1. The molecule has 0 N–H and O–H groups in total. The van der Waals surface area contributed by atoms with Gasteiger partial charge in [0.05, 0.1) is 15.6 Å². The van der Waals surface area contributed by atoms with Crippen molar-refractivity contribution < 1.29 is 13.6 Å². The Bertz CT molecular complexity index is 1450. The normalized spacial score (nSPS) is 15.2. The molecule has 0 unspecified atom stereocenters. The number of amides is 1. The predicted octanol–water partition coefficient (Wildman–Crippen LogP) is 7.03. The Morgan fingerprint density at radius 3 is 2.55 bits per heavy atom. The molecule has 5 rings (SSSR count). The molecule has 0 bridgehead atoms. The number of aromatic nitrogens is 1. The topological polar surface area (TPSA) is 25.2 Å². The Balaban J connectivity index is 1.51. The van der Waals surface area contributed by atoms with Crippen LogP contribution < -0.4 is 4.90 Å². The molecule has 2 heterocycles. The van der Waals surface area contributed by atoms with Crippen LogP contribution in [0.2, 0.25) is 5.02 Å². The van der Waals surface area contributed by atoms with E-state index in [1.807, 2.05) is 36.5 Å². The number of benzene rings is 3. The van der Waals surface area contributed by atoms with Crippen LogP contribution in [0.5, 0.6) is 0 Å². The minimum absolute atomic E-state index is 0.0746. The van der Waals surface area contributed by atoms with Gasteiger partial charge in [-0.15, -0.1) is 0 Å². The summed E-state index contributed by atoms with van der Waals surface area (Å²) in [7, 11) is 0. The van der Waals surface area contributed by atoms with Crippen molar-refractivity contribution >= 4 is 68.5 Å². The van der Waals surface area contributed by atoms with Crippen LogP contribution in [0.1, 0.15) is 11.1 Å². The van der Waals surface area contributed by atoms with Crippen molar-refractivity contribution in [1.82, 2.24) is 4.57 Å². The summed E-state index contributed by atoms with van der Waals surface area (Å²) < 4.78 is 29.3. The lowest BCUT2D eigenvalue weighted by Crippen LogP contribution is -2.27. The van der Waals surface area contributed by atoms with Gasteiger partial charge in [0.15, 0.2) is 4.32 Å². The quantitative estimate of drug-likeness (QED) is 0.224. The first-order valence-electron chi connectivity index (χ1n) is 9.96. The van der Waals surface area contributed by atoms with E-state index < -0.39 is 5.82 Å². The fraction of sp³-hybridized carbons (Fsp3) is 0.0400. The maximum atomic E-state index is 13.6. The number of hydrogen-bond acceptors (Lipinski definition) is 3. The molecule has 3 aromatic carbocycles. The molecule has 1 fully saturated rings. The first-order chi connectivity index (χ1) is 15.9. The van der Waals surface area contributed by atoms with E-state index in [2.05, 4.69) is 4.57 Å². The van der Waals surface area contributed by atoms with Crippen molar-refractivity contribution in [3.8, 4) is 0 Å². The number of thioether (sulfide) groups is 1. The largest absolute Gasteiger partial charge is 0.342 e. The molecule has 1 aliphatic rings. The number of hydrogen-bond donors (Lipinski definition) is 0. The Hall–Kier alpha value is -3.00. The third kappa shape index (κ3) is 4.19. The maximum absolute atomic E-state index is 13.6. The Labute approximate surface area is 203 Å². The molecule has 0 atom stereocenters. The molecule has 4 aromatic rings. The summed E-state index contributed by atoms with van der Waals surface area (Å²) in [5.74, 6) is -1.13. The van der Waals surface area contributed by atoms with Gasteiger partial charge in [-0.3, -0.25) is 9.69 Å². The van der Waals surface area contributed by atoms with Gasteiger partial charge in [-0.1, -0.05) is 65.9 Å². The molecule has 0 spiro atoms. The minimum Gasteiger partial charge on any atom is -0.342 e. The number of fused-ring (bicyclic) bond motifs is 1. The third-order valence-electron chi connectivity index (χ3n) is 5.33. The Morgan fingerprint density at radius 2 is 1.79 bits per heavy atom. The second-order valence-electron chi connectivity index (χ2n) is 7.47. The molecule has 1 aliphatic heterocycles. The molecular formula is C25H15ClF2N2OS2. The summed E-state index contributed by atoms with van der Waals surface area (Å²) in [6, 6.07) is 18.3. The Kier molecular flexibility index (Phi) is 5.78. The van der Waals surface area contributed by atoms with Crippen LogP contribution in [0.15, 0.2) is 77.8 Å². The SMILES string of the molecule is O=C1/C(=C/c2cn(Cc3ccc(F)cc3)c3ccccc23)SC(=S)N1c1ccc(F)c(Cl)c1. The summed E-state index contributed by atoms with van der Waals surface area (Å²) in [6.45, 7) is 0.559. The van der Waals surface area contributed by atoms with Crippen molar-refractivity contribution in [2.75, 3.05) is 4.90 Å². The highest BCUT2D eigenvalue weighted by molar-refractivity contribution is 8.27. The van der Waals surface area contributed by atoms with Crippen LogP contribution in [-0.4, -0.2) is 14.8 Å². The molecule has 0 radical (unpaired) electrons. The fourth-order valence-corrected chi connectivity index (χ4v) is 5.23. The second-order valence-corrected chi connectivity index (χ2v) is 9.55. The average molecular weight is 497 g/mol. The van der Waals surface area contributed by atoms with E-state index >= 15 is 0 Å². The van der Waals surface area contributed by atoms with Gasteiger partial charge in [0.25, 0.3) is 5.91 Å². The lowest BCUT2D eigenvalue weighted by molar-refractivity contribution is -0.113. The lowest BCUT2D eigenvalue weighted by Gasteiger charge is -2.14. The van der Waals surface area contributed by atoms with Gasteiger partial charge in [0, 0.05) is 29.2 Å². The van der Waals surface area contributed by atoms with Gasteiger partial charge in [-0.25, -0.2) is 8.78 Å². The molecule has 1 aromatic heterocycles. The zero-order valence-electron chi connectivity index (χ0n) is 17.0. The van der Waals surface area contributed by atoms with Crippen molar-refractivity contribution in [3.05, 3.63) is 106 Å². The zero-order chi connectivity index (χ0) is 23.1. The van der Waals surface area contributed by atoms with E-state index in [-0.39, 0.29) is 16.7 Å². The van der Waals surface area contributed by atoms with E-state index in [1.165, 1.54) is 47.0 Å². The van der Waals surface area contributed by atoms with E-state index in [0.29, 0.717) is 21.5 Å². The van der Waals surface area contributed by atoms with Gasteiger partial charge >= 0.3 is 0 Å². The van der Waals surface area contributed by atoms with Crippen LogP contribution in [0.3, 0.4) is 0 Å². The van der Waals surface area contributed by atoms with Gasteiger partial charge < -0.3 is 4.57 Å². The predicted molar refractivity (Wildman–Crippen MR) is 135 cm³/mol. The standard InChI is InChI=1S/C25H15ClF2N2OS2/c26-20-12-18(9-10-21(20)28)30-24(31)23(33-25(30)32)11-16-14-29(22-4-2-1-3-19(16)22)13-15-5-7-17(27)8-6-15/h1-12,14H,13H2/b23-11-. The van der Waals surface area contributed by atoms with Crippen LogP contribution in [0.4, 0.5) is 14.5 Å². The summed E-state index contributed by atoms with van der Waals surface area (Å²) in [5.41, 5.74) is 3.24. The molecule has 1 saturated heterocycles. The zero-order valence-corrected chi connectivity index (χ0v) is 19.4. The Morgan fingerprint density at radius 1 is 1.03 bits per heavy atom. The number of nitrogens with zero attached hydrogens (tertiary/aromatic N) is 2. The summed E-state index contributed by atoms with van der Waals surface area (Å²) in [4.78, 5) is 15.0. The van der Waals surface area contributed by atoms with Gasteiger partial charge in [-0.05, 0) is 48.0 Å². The van der Waals surface area contributed by atoms with Gasteiger partial charge in [-0.2, -0.15) is 0 Å². The van der Waals surface area contributed by atoms with Gasteiger partial charge in [0.2, 0.25) is 0 Å². The molecule has 164 valence electrons. The van der Waals surface area contributed by atoms with Crippen molar-refractivity contribution in [3.63, 3.8) is 0 Å². The smallest absolute Gasteiger partial charge is 0.270 e. The number of anilines is 1. The maximum Gasteiger partial charge on any atom is 0.270 e.